The minimum absolute atomic E-state index is 0.000692. The van der Waals surface area contributed by atoms with Crippen molar-refractivity contribution in [1.82, 2.24) is 0 Å². The van der Waals surface area contributed by atoms with Crippen molar-refractivity contribution in [1.29, 1.82) is 5.26 Å². The molecule has 0 bridgehead atoms. The molecule has 0 saturated carbocycles. The molecular weight excluding hydrogens is 188 g/mol. The minimum Gasteiger partial charge on any atom is -0.373 e. The van der Waals surface area contributed by atoms with Gasteiger partial charge in [-0.05, 0) is 31.2 Å². The van der Waals surface area contributed by atoms with Crippen LogP contribution in [0.25, 0.3) is 0 Å². The average Bonchev–Trinajstić information content (AvgIpc) is 2.29. The highest BCUT2D eigenvalue weighted by atomic mass is 16.1. The van der Waals surface area contributed by atoms with Crippen LogP contribution in [0.2, 0.25) is 0 Å². The van der Waals surface area contributed by atoms with Crippen LogP contribution in [0.1, 0.15) is 17.3 Å². The highest BCUT2D eigenvalue weighted by Crippen LogP contribution is 2.14. The van der Waals surface area contributed by atoms with Crippen molar-refractivity contribution < 1.29 is 4.79 Å². The van der Waals surface area contributed by atoms with Gasteiger partial charge in [-0.25, -0.2) is 0 Å². The van der Waals surface area contributed by atoms with E-state index in [2.05, 4.69) is 6.07 Å². The van der Waals surface area contributed by atoms with E-state index in [4.69, 9.17) is 5.26 Å². The standard InChI is InChI=1S/C12H14N2O/c1-10(7-13)8-14(2)12-5-3-11(9-15)4-6-12/h3-6,9-10H,8H2,1-2H3. The molecule has 0 radical (unpaired) electrons. The maximum Gasteiger partial charge on any atom is 0.150 e. The lowest BCUT2D eigenvalue weighted by molar-refractivity contribution is 0.112. The van der Waals surface area contributed by atoms with E-state index >= 15 is 0 Å². The summed E-state index contributed by atoms with van der Waals surface area (Å²) >= 11 is 0. The number of hydrogen-bond acceptors (Lipinski definition) is 3. The van der Waals surface area contributed by atoms with Crippen LogP contribution in [-0.4, -0.2) is 19.9 Å². The van der Waals surface area contributed by atoms with Crippen molar-refractivity contribution in [3.05, 3.63) is 29.8 Å². The maximum atomic E-state index is 10.5. The summed E-state index contributed by atoms with van der Waals surface area (Å²) in [6.07, 6.45) is 0.821. The fourth-order valence-corrected chi connectivity index (χ4v) is 1.36. The molecule has 0 aliphatic carbocycles. The van der Waals surface area contributed by atoms with Crippen LogP contribution >= 0.6 is 0 Å². The number of rotatable bonds is 4. The fourth-order valence-electron chi connectivity index (χ4n) is 1.36. The summed E-state index contributed by atoms with van der Waals surface area (Å²) in [6.45, 7) is 2.58. The van der Waals surface area contributed by atoms with E-state index in [1.807, 2.05) is 31.0 Å². The predicted octanol–water partition coefficient (Wildman–Crippen LogP) is 2.09. The molecule has 1 atom stereocenters. The first-order chi connectivity index (χ1) is 7.17. The zero-order valence-corrected chi connectivity index (χ0v) is 8.97. The molecule has 1 rings (SSSR count). The summed E-state index contributed by atoms with van der Waals surface area (Å²) in [7, 11) is 1.93. The van der Waals surface area contributed by atoms with Gasteiger partial charge in [-0.15, -0.1) is 0 Å². The first-order valence-corrected chi connectivity index (χ1v) is 4.83. The number of nitriles is 1. The first kappa shape index (κ1) is 11.3. The van der Waals surface area contributed by atoms with Gasteiger partial charge in [-0.1, -0.05) is 0 Å². The van der Waals surface area contributed by atoms with Crippen LogP contribution in [0.4, 0.5) is 5.69 Å². The number of carbonyl (C=O) groups is 1. The van der Waals surface area contributed by atoms with E-state index in [9.17, 15) is 4.79 Å². The molecule has 0 saturated heterocycles. The average molecular weight is 202 g/mol. The predicted molar refractivity (Wildman–Crippen MR) is 59.9 cm³/mol. The van der Waals surface area contributed by atoms with Gasteiger partial charge in [0.2, 0.25) is 0 Å². The molecule has 0 aliphatic rings. The van der Waals surface area contributed by atoms with Crippen LogP contribution in [0, 0.1) is 17.2 Å². The third-order valence-corrected chi connectivity index (χ3v) is 2.24. The largest absolute Gasteiger partial charge is 0.373 e. The summed E-state index contributed by atoms with van der Waals surface area (Å²) in [6, 6.07) is 9.50. The number of anilines is 1. The van der Waals surface area contributed by atoms with Gasteiger partial charge >= 0.3 is 0 Å². The van der Waals surface area contributed by atoms with Crippen LogP contribution in [0.3, 0.4) is 0 Å². The quantitative estimate of drug-likeness (QED) is 0.702. The van der Waals surface area contributed by atoms with Crippen molar-refractivity contribution in [2.24, 2.45) is 5.92 Å². The van der Waals surface area contributed by atoms with Crippen molar-refractivity contribution in [3.8, 4) is 6.07 Å². The summed E-state index contributed by atoms with van der Waals surface area (Å²) in [5, 5.41) is 8.69. The van der Waals surface area contributed by atoms with E-state index in [1.54, 1.807) is 12.1 Å². The molecular formula is C12H14N2O. The number of benzene rings is 1. The monoisotopic (exact) mass is 202 g/mol. The lowest BCUT2D eigenvalue weighted by atomic mass is 10.1. The van der Waals surface area contributed by atoms with E-state index in [-0.39, 0.29) is 5.92 Å². The Hall–Kier alpha value is -1.82. The Morgan fingerprint density at radius 1 is 1.47 bits per heavy atom. The molecule has 15 heavy (non-hydrogen) atoms. The molecule has 0 fully saturated rings. The lowest BCUT2D eigenvalue weighted by Crippen LogP contribution is -2.22. The Bertz CT molecular complexity index is 364. The summed E-state index contributed by atoms with van der Waals surface area (Å²) in [5.74, 6) is 0.000692. The normalized spacial score (nSPS) is 11.5. The second-order valence-electron chi connectivity index (χ2n) is 3.62. The lowest BCUT2D eigenvalue weighted by Gasteiger charge is -2.20. The number of nitrogens with zero attached hydrogens (tertiary/aromatic N) is 2. The fraction of sp³-hybridized carbons (Fsp3) is 0.333. The Morgan fingerprint density at radius 3 is 2.53 bits per heavy atom. The Balaban J connectivity index is 2.70. The molecule has 0 amide bonds. The molecule has 1 unspecified atom stereocenters. The van der Waals surface area contributed by atoms with Gasteiger partial charge < -0.3 is 4.90 Å². The second kappa shape index (κ2) is 5.16. The van der Waals surface area contributed by atoms with Gasteiger partial charge in [0.25, 0.3) is 0 Å². The van der Waals surface area contributed by atoms with Crippen LogP contribution in [0.5, 0.6) is 0 Å². The summed E-state index contributed by atoms with van der Waals surface area (Å²) in [5.41, 5.74) is 1.68. The highest BCUT2D eigenvalue weighted by Gasteiger charge is 2.05. The Kier molecular flexibility index (Phi) is 3.87. The van der Waals surface area contributed by atoms with Crippen molar-refractivity contribution >= 4 is 12.0 Å². The van der Waals surface area contributed by atoms with Crippen LogP contribution in [0.15, 0.2) is 24.3 Å². The zero-order chi connectivity index (χ0) is 11.3. The SMILES string of the molecule is CC(C#N)CN(C)c1ccc(C=O)cc1. The van der Waals surface area contributed by atoms with Crippen LogP contribution < -0.4 is 4.90 Å². The smallest absolute Gasteiger partial charge is 0.150 e. The van der Waals surface area contributed by atoms with Gasteiger partial charge in [0, 0.05) is 24.8 Å². The summed E-state index contributed by atoms with van der Waals surface area (Å²) < 4.78 is 0. The van der Waals surface area contributed by atoms with Gasteiger partial charge in [0.05, 0.1) is 12.0 Å². The number of carbonyl (C=O) groups excluding carboxylic acids is 1. The van der Waals surface area contributed by atoms with E-state index in [0.717, 1.165) is 12.0 Å². The van der Waals surface area contributed by atoms with Gasteiger partial charge in [-0.3, -0.25) is 4.79 Å². The molecule has 0 aromatic heterocycles. The zero-order valence-electron chi connectivity index (χ0n) is 8.97. The molecule has 0 heterocycles. The third kappa shape index (κ3) is 3.10. The van der Waals surface area contributed by atoms with Gasteiger partial charge in [-0.2, -0.15) is 5.26 Å². The number of aldehydes is 1. The van der Waals surface area contributed by atoms with E-state index in [1.165, 1.54) is 0 Å². The molecule has 78 valence electrons. The van der Waals surface area contributed by atoms with Gasteiger partial charge in [0.15, 0.2) is 0 Å². The van der Waals surface area contributed by atoms with Crippen LogP contribution in [-0.2, 0) is 0 Å². The summed E-state index contributed by atoms with van der Waals surface area (Å²) in [4.78, 5) is 12.5. The van der Waals surface area contributed by atoms with Crippen molar-refractivity contribution in [2.45, 2.75) is 6.92 Å². The molecule has 0 N–H and O–H groups in total. The Labute approximate surface area is 89.9 Å². The molecule has 3 heteroatoms. The van der Waals surface area contributed by atoms with E-state index < -0.39 is 0 Å². The molecule has 3 nitrogen and oxygen atoms in total. The van der Waals surface area contributed by atoms with E-state index in [0.29, 0.717) is 12.1 Å². The van der Waals surface area contributed by atoms with Crippen molar-refractivity contribution in [3.63, 3.8) is 0 Å². The second-order valence-corrected chi connectivity index (χ2v) is 3.62. The third-order valence-electron chi connectivity index (χ3n) is 2.24. The number of hydrogen-bond donors (Lipinski definition) is 0. The maximum absolute atomic E-state index is 10.5. The topological polar surface area (TPSA) is 44.1 Å². The van der Waals surface area contributed by atoms with Crippen molar-refractivity contribution in [2.75, 3.05) is 18.5 Å². The first-order valence-electron chi connectivity index (χ1n) is 4.83. The minimum atomic E-state index is 0.000692. The molecule has 1 aromatic carbocycles. The van der Waals surface area contributed by atoms with Gasteiger partial charge in [0.1, 0.15) is 6.29 Å². The molecule has 0 aliphatic heterocycles. The highest BCUT2D eigenvalue weighted by molar-refractivity contribution is 5.75. The molecule has 0 spiro atoms. The Morgan fingerprint density at radius 2 is 2.07 bits per heavy atom. The molecule has 1 aromatic rings.